The number of carbonyl (C=O) groups excluding carboxylic acids is 2. The van der Waals surface area contributed by atoms with Crippen molar-refractivity contribution in [2.45, 2.75) is 17.9 Å². The number of benzene rings is 2. The molecule has 0 atom stereocenters. The van der Waals surface area contributed by atoms with E-state index in [0.717, 1.165) is 56.0 Å². The number of hydrogen-bond donors (Lipinski definition) is 2. The van der Waals surface area contributed by atoms with Crippen molar-refractivity contribution in [2.24, 2.45) is 5.92 Å². The molecule has 1 saturated carbocycles. The zero-order chi connectivity index (χ0) is 25.5. The normalized spacial score (nSPS) is 17.5. The Morgan fingerprint density at radius 3 is 2.59 bits per heavy atom. The van der Waals surface area contributed by atoms with E-state index in [9.17, 15) is 9.59 Å². The molecule has 2 aromatic carbocycles. The van der Waals surface area contributed by atoms with Gasteiger partial charge in [-0.25, -0.2) is 9.97 Å². The fraction of sp³-hybridized carbons (Fsp3) is 0.308. The lowest BCUT2D eigenvalue weighted by Crippen LogP contribution is -2.44. The van der Waals surface area contributed by atoms with Gasteiger partial charge in [0.1, 0.15) is 5.03 Å². The van der Waals surface area contributed by atoms with Gasteiger partial charge in [0.15, 0.2) is 5.78 Å². The van der Waals surface area contributed by atoms with Crippen molar-refractivity contribution in [3.8, 4) is 0 Å². The topological polar surface area (TPSA) is 90.5 Å². The van der Waals surface area contributed by atoms with Crippen LogP contribution < -0.4 is 20.4 Å². The number of carbonyl (C=O) groups is 2. The van der Waals surface area contributed by atoms with Crippen LogP contribution in [-0.4, -0.2) is 53.7 Å². The number of ketones is 1. The number of hydrogen-bond acceptors (Lipinski definition) is 8. The van der Waals surface area contributed by atoms with E-state index in [0.29, 0.717) is 38.1 Å². The summed E-state index contributed by atoms with van der Waals surface area (Å²) < 4.78 is 0. The van der Waals surface area contributed by atoms with Gasteiger partial charge in [-0.05, 0) is 43.2 Å². The molecule has 6 rings (SSSR count). The third-order valence-electron chi connectivity index (χ3n) is 6.69. The number of nitrogens with zero attached hydrogens (tertiary/aromatic N) is 4. The first kappa shape index (κ1) is 24.5. The van der Waals surface area contributed by atoms with E-state index in [-0.39, 0.29) is 17.6 Å². The van der Waals surface area contributed by atoms with Crippen LogP contribution >= 0.6 is 35.0 Å². The minimum absolute atomic E-state index is 0.119. The maximum absolute atomic E-state index is 13.2. The zero-order valence-corrected chi connectivity index (χ0v) is 22.2. The average molecular weight is 555 g/mol. The molecule has 0 radical (unpaired) electrons. The molecular formula is C26H24Cl2N6O2S. The molecule has 1 saturated heterocycles. The van der Waals surface area contributed by atoms with E-state index in [1.54, 1.807) is 23.1 Å². The van der Waals surface area contributed by atoms with Crippen molar-refractivity contribution in [2.75, 3.05) is 47.2 Å². The minimum atomic E-state index is -0.256. The summed E-state index contributed by atoms with van der Waals surface area (Å²) in [5.74, 6) is 0.749. The van der Waals surface area contributed by atoms with Gasteiger partial charge in [0, 0.05) is 55.2 Å². The van der Waals surface area contributed by atoms with Crippen LogP contribution in [0.1, 0.15) is 33.6 Å². The van der Waals surface area contributed by atoms with Gasteiger partial charge in [0.2, 0.25) is 5.95 Å². The monoisotopic (exact) mass is 554 g/mol. The summed E-state index contributed by atoms with van der Waals surface area (Å²) in [5, 5.41) is 7.98. The molecule has 3 aliphatic rings. The third kappa shape index (κ3) is 4.88. The number of aromatic nitrogens is 2. The van der Waals surface area contributed by atoms with Crippen LogP contribution in [0.2, 0.25) is 10.0 Å². The van der Waals surface area contributed by atoms with E-state index in [2.05, 4.69) is 25.5 Å². The van der Waals surface area contributed by atoms with Gasteiger partial charge in [-0.15, -0.1) is 0 Å². The second-order valence-corrected chi connectivity index (χ2v) is 11.0. The second kappa shape index (κ2) is 10.1. The maximum atomic E-state index is 13.2. The standard InChI is InChI=1S/C26H24Cl2N6O2S/c27-19-2-1-3-20(28)22(19)34-14-37-24-18(25(34)36)13-30-26(32-24)31-16-6-7-21(33-10-8-29-9-11-33)17(12-16)23(35)15-4-5-15/h1-3,6-7,12-13,15,29H,4-5,8-11,14H2,(H,30,31,32). The van der Waals surface area contributed by atoms with Gasteiger partial charge < -0.3 is 15.5 Å². The summed E-state index contributed by atoms with van der Waals surface area (Å²) in [5.41, 5.74) is 3.32. The smallest absolute Gasteiger partial charge is 0.263 e. The van der Waals surface area contributed by atoms with E-state index in [1.807, 2.05) is 18.2 Å². The summed E-state index contributed by atoms with van der Waals surface area (Å²) in [6.45, 7) is 3.54. The number of para-hydroxylation sites is 1. The average Bonchev–Trinajstić information content (AvgIpc) is 3.76. The second-order valence-electron chi connectivity index (χ2n) is 9.22. The third-order valence-corrected chi connectivity index (χ3v) is 8.27. The molecule has 1 aromatic heterocycles. The fourth-order valence-corrected chi connectivity index (χ4v) is 6.16. The molecule has 1 aliphatic carbocycles. The number of fused-ring (bicyclic) bond motifs is 1. The first-order valence-electron chi connectivity index (χ1n) is 12.2. The molecule has 2 fully saturated rings. The van der Waals surface area contributed by atoms with Gasteiger partial charge >= 0.3 is 0 Å². The fourth-order valence-electron chi connectivity index (χ4n) is 4.61. The van der Waals surface area contributed by atoms with Crippen molar-refractivity contribution in [3.63, 3.8) is 0 Å². The SMILES string of the molecule is O=C(c1cc(Nc2ncc3c(n2)SCN(c2c(Cl)cccc2Cl)C3=O)ccc1N1CCNCC1)C1CC1. The molecule has 3 heterocycles. The van der Waals surface area contributed by atoms with E-state index >= 15 is 0 Å². The van der Waals surface area contributed by atoms with Crippen LogP contribution in [0.5, 0.6) is 0 Å². The molecule has 0 bridgehead atoms. The molecule has 11 heteroatoms. The number of thioether (sulfide) groups is 1. The lowest BCUT2D eigenvalue weighted by molar-refractivity contribution is 0.0965. The van der Waals surface area contributed by atoms with Crippen LogP contribution in [0.4, 0.5) is 23.0 Å². The Hall–Kier alpha value is -2.85. The lowest BCUT2D eigenvalue weighted by Gasteiger charge is -2.31. The highest BCUT2D eigenvalue weighted by Crippen LogP contribution is 2.40. The van der Waals surface area contributed by atoms with Crippen molar-refractivity contribution >= 4 is 69.7 Å². The van der Waals surface area contributed by atoms with Crippen LogP contribution in [0.15, 0.2) is 47.6 Å². The maximum Gasteiger partial charge on any atom is 0.263 e. The molecule has 1 amide bonds. The molecule has 190 valence electrons. The molecule has 3 aromatic rings. The Balaban J connectivity index is 1.25. The van der Waals surface area contributed by atoms with Crippen molar-refractivity contribution in [1.29, 1.82) is 0 Å². The Labute approximate surface area is 228 Å². The first-order valence-corrected chi connectivity index (χ1v) is 13.9. The highest BCUT2D eigenvalue weighted by Gasteiger charge is 2.33. The van der Waals surface area contributed by atoms with Crippen molar-refractivity contribution in [3.05, 3.63) is 63.8 Å². The van der Waals surface area contributed by atoms with Crippen LogP contribution in [-0.2, 0) is 0 Å². The Kier molecular flexibility index (Phi) is 6.71. The van der Waals surface area contributed by atoms with Crippen molar-refractivity contribution < 1.29 is 9.59 Å². The highest BCUT2D eigenvalue weighted by atomic mass is 35.5. The van der Waals surface area contributed by atoms with Crippen LogP contribution in [0, 0.1) is 5.92 Å². The van der Waals surface area contributed by atoms with Gasteiger partial charge in [-0.3, -0.25) is 14.5 Å². The van der Waals surface area contributed by atoms with Crippen LogP contribution in [0.25, 0.3) is 0 Å². The van der Waals surface area contributed by atoms with E-state index in [1.165, 1.54) is 18.0 Å². The van der Waals surface area contributed by atoms with Crippen LogP contribution in [0.3, 0.4) is 0 Å². The van der Waals surface area contributed by atoms with E-state index < -0.39 is 0 Å². The molecule has 2 N–H and O–H groups in total. The number of anilines is 4. The number of halogens is 2. The van der Waals surface area contributed by atoms with Gasteiger partial charge in [0.05, 0.1) is 27.2 Å². The Morgan fingerprint density at radius 2 is 1.86 bits per heavy atom. The molecule has 37 heavy (non-hydrogen) atoms. The zero-order valence-electron chi connectivity index (χ0n) is 19.8. The summed E-state index contributed by atoms with van der Waals surface area (Å²) in [7, 11) is 0. The minimum Gasteiger partial charge on any atom is -0.368 e. The van der Waals surface area contributed by atoms with E-state index in [4.69, 9.17) is 23.2 Å². The molecule has 0 unspecified atom stereocenters. The largest absolute Gasteiger partial charge is 0.368 e. The summed E-state index contributed by atoms with van der Waals surface area (Å²) in [6, 6.07) is 11.0. The lowest BCUT2D eigenvalue weighted by atomic mass is 10.0. The predicted octanol–water partition coefficient (Wildman–Crippen LogP) is 5.24. The van der Waals surface area contributed by atoms with Gasteiger partial charge in [0.25, 0.3) is 5.91 Å². The predicted molar refractivity (Wildman–Crippen MR) is 148 cm³/mol. The van der Waals surface area contributed by atoms with Gasteiger partial charge in [-0.2, -0.15) is 0 Å². The molecule has 8 nitrogen and oxygen atoms in total. The van der Waals surface area contributed by atoms with Gasteiger partial charge in [-0.1, -0.05) is 41.0 Å². The first-order chi connectivity index (χ1) is 18.0. The summed E-state index contributed by atoms with van der Waals surface area (Å²) >= 11 is 14.1. The number of amides is 1. The number of rotatable bonds is 6. The summed E-state index contributed by atoms with van der Waals surface area (Å²) in [4.78, 5) is 39.1. The highest BCUT2D eigenvalue weighted by molar-refractivity contribution is 7.99. The number of piperazine rings is 1. The quantitative estimate of drug-likeness (QED) is 0.316. The molecule has 0 spiro atoms. The Morgan fingerprint density at radius 1 is 1.11 bits per heavy atom. The number of nitrogens with one attached hydrogen (secondary N) is 2. The summed E-state index contributed by atoms with van der Waals surface area (Å²) in [6.07, 6.45) is 3.42. The van der Waals surface area contributed by atoms with Crippen molar-refractivity contribution in [1.82, 2.24) is 15.3 Å². The Bertz CT molecular complexity index is 1370. The molecular weight excluding hydrogens is 531 g/mol. The molecule has 2 aliphatic heterocycles. The number of Topliss-reactive ketones (excluding diaryl/α,β-unsaturated/α-hetero) is 1.